The van der Waals surface area contributed by atoms with Gasteiger partial charge in [-0.05, 0) is 43.3 Å². The normalized spacial score (nSPS) is 12.6. The maximum atomic E-state index is 13.0. The third kappa shape index (κ3) is 4.58. The first kappa shape index (κ1) is 22.2. The fraction of sp³-hybridized carbons (Fsp3) is 0.130. The molecule has 4 aromatic heterocycles. The minimum Gasteiger partial charge on any atom is -0.358 e. The van der Waals surface area contributed by atoms with E-state index in [1.165, 1.54) is 12.4 Å². The number of imidazole rings is 1. The summed E-state index contributed by atoms with van der Waals surface area (Å²) in [6.45, 7) is 1.70. The number of aromatic nitrogens is 6. The second kappa shape index (κ2) is 8.63. The van der Waals surface area contributed by atoms with Gasteiger partial charge in [0.25, 0.3) is 5.91 Å². The molecule has 1 atom stereocenters. The first-order chi connectivity index (χ1) is 16.8. The molecule has 0 unspecified atom stereocenters. The number of aromatic amines is 1. The zero-order chi connectivity index (χ0) is 24.6. The van der Waals surface area contributed by atoms with Crippen LogP contribution in [0.4, 0.5) is 13.2 Å². The molecule has 5 rings (SSSR count). The molecule has 12 heteroatoms. The van der Waals surface area contributed by atoms with Crippen LogP contribution in [-0.4, -0.2) is 36.0 Å². The molecule has 9 nitrogen and oxygen atoms in total. The number of H-pyrrole nitrogens is 1. The van der Waals surface area contributed by atoms with Crippen molar-refractivity contribution in [1.82, 2.24) is 35.4 Å². The lowest BCUT2D eigenvalue weighted by Crippen LogP contribution is -2.27. The van der Waals surface area contributed by atoms with Gasteiger partial charge in [-0.3, -0.25) is 9.78 Å². The fourth-order valence-corrected chi connectivity index (χ4v) is 3.42. The standard InChI is InChI=1S/C23H16F3N7O2/c1-12(30-22(34)19-9-16(28-11-29-19)13-4-6-27-7-5-13)20-10-18(33-35-20)21-31-15-3-2-14(23(24,25)26)8-17(15)32-21/h2-12H,1H3,(H,30,34)(H,31,32)/t12-/m0/s1. The van der Waals surface area contributed by atoms with Gasteiger partial charge < -0.3 is 14.8 Å². The van der Waals surface area contributed by atoms with Gasteiger partial charge in [0.1, 0.15) is 17.7 Å². The Morgan fingerprint density at radius 3 is 2.63 bits per heavy atom. The van der Waals surface area contributed by atoms with Crippen molar-refractivity contribution in [2.75, 3.05) is 0 Å². The van der Waals surface area contributed by atoms with E-state index >= 15 is 0 Å². The zero-order valence-electron chi connectivity index (χ0n) is 18.0. The summed E-state index contributed by atoms with van der Waals surface area (Å²) < 4.78 is 44.2. The summed E-state index contributed by atoms with van der Waals surface area (Å²) in [4.78, 5) is 32.0. The van der Waals surface area contributed by atoms with E-state index in [1.807, 2.05) is 0 Å². The summed E-state index contributed by atoms with van der Waals surface area (Å²) in [5.74, 6) is 0.121. The lowest BCUT2D eigenvalue weighted by molar-refractivity contribution is -0.137. The van der Waals surface area contributed by atoms with E-state index in [2.05, 4.69) is 35.4 Å². The van der Waals surface area contributed by atoms with E-state index in [4.69, 9.17) is 4.52 Å². The Hall–Kier alpha value is -4.61. The van der Waals surface area contributed by atoms with E-state index < -0.39 is 23.7 Å². The molecule has 4 heterocycles. The summed E-state index contributed by atoms with van der Waals surface area (Å²) >= 11 is 0. The van der Waals surface area contributed by atoms with Crippen molar-refractivity contribution in [2.45, 2.75) is 19.1 Å². The van der Waals surface area contributed by atoms with Gasteiger partial charge in [0.05, 0.1) is 28.3 Å². The van der Waals surface area contributed by atoms with Gasteiger partial charge in [0.15, 0.2) is 11.6 Å². The Kier molecular flexibility index (Phi) is 5.47. The molecular formula is C23H16F3N7O2. The Morgan fingerprint density at radius 1 is 1.06 bits per heavy atom. The number of hydrogen-bond acceptors (Lipinski definition) is 7. The molecule has 2 N–H and O–H groups in total. The van der Waals surface area contributed by atoms with Gasteiger partial charge in [-0.25, -0.2) is 15.0 Å². The number of benzene rings is 1. The second-order valence-electron chi connectivity index (χ2n) is 7.65. The van der Waals surface area contributed by atoms with Crippen LogP contribution in [0.25, 0.3) is 33.8 Å². The number of carbonyl (C=O) groups excluding carboxylic acids is 1. The summed E-state index contributed by atoms with van der Waals surface area (Å²) in [6, 6.07) is 9.30. The second-order valence-corrected chi connectivity index (χ2v) is 7.65. The van der Waals surface area contributed by atoms with Gasteiger partial charge in [0, 0.05) is 24.0 Å². The summed E-state index contributed by atoms with van der Waals surface area (Å²) in [7, 11) is 0. The Labute approximate surface area is 195 Å². The number of hydrogen-bond donors (Lipinski definition) is 2. The lowest BCUT2D eigenvalue weighted by atomic mass is 10.1. The Bertz CT molecular complexity index is 1510. The van der Waals surface area contributed by atoms with Crippen LogP contribution in [-0.2, 0) is 6.18 Å². The average Bonchev–Trinajstić information content (AvgIpc) is 3.51. The van der Waals surface area contributed by atoms with Crippen molar-refractivity contribution in [3.05, 3.63) is 78.2 Å². The van der Waals surface area contributed by atoms with Crippen molar-refractivity contribution in [2.24, 2.45) is 0 Å². The number of rotatable bonds is 5. The molecule has 0 aliphatic heterocycles. The molecule has 0 bridgehead atoms. The molecule has 0 radical (unpaired) electrons. The molecule has 5 aromatic rings. The number of nitrogens with zero attached hydrogens (tertiary/aromatic N) is 5. The third-order valence-corrected chi connectivity index (χ3v) is 5.23. The van der Waals surface area contributed by atoms with Crippen LogP contribution < -0.4 is 5.32 Å². The topological polar surface area (TPSA) is 122 Å². The zero-order valence-corrected chi connectivity index (χ0v) is 18.0. The van der Waals surface area contributed by atoms with Gasteiger partial charge in [-0.15, -0.1) is 0 Å². The van der Waals surface area contributed by atoms with Crippen molar-refractivity contribution >= 4 is 16.9 Å². The van der Waals surface area contributed by atoms with E-state index in [0.29, 0.717) is 17.0 Å². The first-order valence-corrected chi connectivity index (χ1v) is 10.4. The number of alkyl halides is 3. The van der Waals surface area contributed by atoms with Crippen LogP contribution >= 0.6 is 0 Å². The van der Waals surface area contributed by atoms with E-state index in [9.17, 15) is 18.0 Å². The van der Waals surface area contributed by atoms with Crippen LogP contribution in [0.1, 0.15) is 34.8 Å². The molecule has 1 aromatic carbocycles. The number of fused-ring (bicyclic) bond motifs is 1. The van der Waals surface area contributed by atoms with Gasteiger partial charge in [-0.1, -0.05) is 5.16 Å². The Morgan fingerprint density at radius 2 is 1.86 bits per heavy atom. The molecule has 1 amide bonds. The van der Waals surface area contributed by atoms with Crippen molar-refractivity contribution in [1.29, 1.82) is 0 Å². The minimum atomic E-state index is -4.46. The molecule has 0 spiro atoms. The number of amides is 1. The van der Waals surface area contributed by atoms with Crippen LogP contribution in [0.15, 0.2) is 65.7 Å². The van der Waals surface area contributed by atoms with Gasteiger partial charge in [0.2, 0.25) is 0 Å². The van der Waals surface area contributed by atoms with Crippen LogP contribution in [0.2, 0.25) is 0 Å². The minimum absolute atomic E-state index is 0.163. The number of pyridine rings is 1. The highest BCUT2D eigenvalue weighted by atomic mass is 19.4. The molecule has 0 aliphatic carbocycles. The number of nitrogens with one attached hydrogen (secondary N) is 2. The summed E-state index contributed by atoms with van der Waals surface area (Å²) in [6.07, 6.45) is 0.0839. The van der Waals surface area contributed by atoms with Crippen LogP contribution in [0.5, 0.6) is 0 Å². The number of halogens is 3. The van der Waals surface area contributed by atoms with Crippen LogP contribution in [0.3, 0.4) is 0 Å². The summed E-state index contributed by atoms with van der Waals surface area (Å²) in [5.41, 5.74) is 1.60. The van der Waals surface area contributed by atoms with Gasteiger partial charge >= 0.3 is 6.18 Å². The maximum Gasteiger partial charge on any atom is 0.416 e. The molecule has 0 fully saturated rings. The third-order valence-electron chi connectivity index (χ3n) is 5.23. The lowest BCUT2D eigenvalue weighted by Gasteiger charge is -2.10. The average molecular weight is 479 g/mol. The summed E-state index contributed by atoms with van der Waals surface area (Å²) in [5, 5.41) is 6.71. The van der Waals surface area contributed by atoms with E-state index in [1.54, 1.807) is 43.6 Å². The van der Waals surface area contributed by atoms with Crippen molar-refractivity contribution in [3.8, 4) is 22.8 Å². The highest BCUT2D eigenvalue weighted by molar-refractivity contribution is 5.93. The van der Waals surface area contributed by atoms with Crippen molar-refractivity contribution < 1.29 is 22.5 Å². The van der Waals surface area contributed by atoms with Crippen LogP contribution in [0, 0.1) is 0 Å². The highest BCUT2D eigenvalue weighted by Crippen LogP contribution is 2.32. The SMILES string of the molecule is C[C@H](NC(=O)c1cc(-c2ccncc2)ncn1)c1cc(-c2nc3ccc(C(F)(F)F)cc3[nH]2)no1. The van der Waals surface area contributed by atoms with Crippen molar-refractivity contribution in [3.63, 3.8) is 0 Å². The molecular weight excluding hydrogens is 463 g/mol. The molecule has 35 heavy (non-hydrogen) atoms. The smallest absolute Gasteiger partial charge is 0.358 e. The molecule has 0 aliphatic rings. The van der Waals surface area contributed by atoms with E-state index in [0.717, 1.165) is 17.7 Å². The highest BCUT2D eigenvalue weighted by Gasteiger charge is 2.31. The molecule has 0 saturated heterocycles. The Balaban J connectivity index is 1.32. The number of carbonyl (C=O) groups is 1. The first-order valence-electron chi connectivity index (χ1n) is 10.4. The maximum absolute atomic E-state index is 13.0. The van der Waals surface area contributed by atoms with Gasteiger partial charge in [-0.2, -0.15) is 13.2 Å². The quantitative estimate of drug-likeness (QED) is 0.378. The van der Waals surface area contributed by atoms with E-state index in [-0.39, 0.29) is 22.7 Å². The predicted octanol–water partition coefficient (Wildman–Crippen LogP) is 4.58. The molecule has 176 valence electrons. The fourth-order valence-electron chi connectivity index (χ4n) is 3.42. The predicted molar refractivity (Wildman–Crippen MR) is 118 cm³/mol. The monoisotopic (exact) mass is 479 g/mol. The largest absolute Gasteiger partial charge is 0.416 e. The molecule has 0 saturated carbocycles.